The molecule has 0 amide bonds. The van der Waals surface area contributed by atoms with Crippen LogP contribution in [-0.4, -0.2) is 19.7 Å². The van der Waals surface area contributed by atoms with Gasteiger partial charge in [-0.25, -0.2) is 4.98 Å². The smallest absolute Gasteiger partial charge is 0.337 e. The van der Waals surface area contributed by atoms with Crippen LogP contribution in [-0.2, 0) is 12.7 Å². The first-order valence-electron chi connectivity index (χ1n) is 9.43. The molecule has 0 radical (unpaired) electrons. The van der Waals surface area contributed by atoms with Crippen LogP contribution < -0.4 is 5.56 Å². The fourth-order valence-corrected chi connectivity index (χ4v) is 4.26. The van der Waals surface area contributed by atoms with E-state index in [9.17, 15) is 18.0 Å². The second kappa shape index (κ2) is 7.72. The minimum Gasteiger partial charge on any atom is -0.337 e. The van der Waals surface area contributed by atoms with Gasteiger partial charge in [0.15, 0.2) is 0 Å². The van der Waals surface area contributed by atoms with E-state index in [0.717, 1.165) is 22.6 Å². The molecule has 0 aliphatic heterocycles. The van der Waals surface area contributed by atoms with Crippen molar-refractivity contribution in [1.82, 2.24) is 19.7 Å². The first-order chi connectivity index (χ1) is 15.4. The number of aromatic nitrogens is 4. The number of benzene rings is 2. The van der Waals surface area contributed by atoms with Crippen molar-refractivity contribution in [2.24, 2.45) is 0 Å². The summed E-state index contributed by atoms with van der Waals surface area (Å²) < 4.78 is 45.2. The molecule has 0 aliphatic rings. The Balaban J connectivity index is 1.41. The summed E-state index contributed by atoms with van der Waals surface area (Å²) in [4.78, 5) is 22.4. The number of hydrogen-bond acceptors (Lipinski definition) is 6. The minimum atomic E-state index is -4.42. The van der Waals surface area contributed by atoms with Crippen LogP contribution in [0.3, 0.4) is 0 Å². The highest BCUT2D eigenvalue weighted by Gasteiger charge is 2.30. The van der Waals surface area contributed by atoms with Gasteiger partial charge in [0.1, 0.15) is 11.2 Å². The minimum absolute atomic E-state index is 0.00597. The molecule has 6 nitrogen and oxygen atoms in total. The van der Waals surface area contributed by atoms with Crippen molar-refractivity contribution >= 4 is 21.6 Å². The van der Waals surface area contributed by atoms with Crippen molar-refractivity contribution in [2.45, 2.75) is 12.7 Å². The number of halogens is 3. The molecule has 0 saturated heterocycles. The van der Waals surface area contributed by atoms with Crippen molar-refractivity contribution in [2.75, 3.05) is 0 Å². The van der Waals surface area contributed by atoms with Crippen LogP contribution in [0.4, 0.5) is 13.2 Å². The zero-order valence-electron chi connectivity index (χ0n) is 16.2. The van der Waals surface area contributed by atoms with E-state index in [1.165, 1.54) is 34.4 Å². The van der Waals surface area contributed by atoms with E-state index in [1.807, 2.05) is 36.4 Å². The molecular weight excluding hydrogens is 441 g/mol. The van der Waals surface area contributed by atoms with Crippen molar-refractivity contribution in [3.05, 3.63) is 88.8 Å². The Labute approximate surface area is 182 Å². The number of hydrogen-bond donors (Lipinski definition) is 0. The van der Waals surface area contributed by atoms with E-state index in [1.54, 1.807) is 0 Å². The van der Waals surface area contributed by atoms with E-state index in [-0.39, 0.29) is 23.8 Å². The topological polar surface area (TPSA) is 73.8 Å². The quantitative estimate of drug-likeness (QED) is 0.371. The second-order valence-corrected chi connectivity index (χ2v) is 8.01. The van der Waals surface area contributed by atoms with Gasteiger partial charge in [-0.2, -0.15) is 18.2 Å². The van der Waals surface area contributed by atoms with Gasteiger partial charge >= 0.3 is 6.18 Å². The van der Waals surface area contributed by atoms with Gasteiger partial charge in [0.2, 0.25) is 11.7 Å². The van der Waals surface area contributed by atoms with Crippen LogP contribution in [0.1, 0.15) is 11.5 Å². The molecule has 0 aliphatic carbocycles. The molecule has 160 valence electrons. The molecule has 0 saturated carbocycles. The lowest BCUT2D eigenvalue weighted by molar-refractivity contribution is -0.137. The molecule has 0 fully saturated rings. The number of alkyl halides is 3. The first-order valence-corrected chi connectivity index (χ1v) is 10.2. The molecule has 0 spiro atoms. The summed E-state index contributed by atoms with van der Waals surface area (Å²) in [5, 5.41) is 3.81. The Morgan fingerprint density at radius 1 is 1.00 bits per heavy atom. The van der Waals surface area contributed by atoms with Crippen LogP contribution in [0.5, 0.6) is 0 Å². The van der Waals surface area contributed by atoms with Crippen molar-refractivity contribution in [3.63, 3.8) is 0 Å². The number of nitrogens with zero attached hydrogens (tertiary/aromatic N) is 4. The molecule has 0 atom stereocenters. The average Bonchev–Trinajstić information content (AvgIpc) is 3.44. The molecule has 3 heterocycles. The maximum absolute atomic E-state index is 12.9. The monoisotopic (exact) mass is 454 g/mol. The highest BCUT2D eigenvalue weighted by molar-refractivity contribution is 7.22. The molecule has 2 aromatic carbocycles. The normalized spacial score (nSPS) is 11.8. The average molecular weight is 454 g/mol. The number of rotatable bonds is 4. The maximum Gasteiger partial charge on any atom is 0.416 e. The predicted octanol–water partition coefficient (Wildman–Crippen LogP) is 5.24. The highest BCUT2D eigenvalue weighted by Crippen LogP contribution is 2.31. The summed E-state index contributed by atoms with van der Waals surface area (Å²) in [6, 6.07) is 16.0. The van der Waals surface area contributed by atoms with Gasteiger partial charge in [-0.1, -0.05) is 47.6 Å². The number of fused-ring (bicyclic) bond motifs is 1. The van der Waals surface area contributed by atoms with Gasteiger partial charge in [0, 0.05) is 10.4 Å². The third-order valence-corrected chi connectivity index (χ3v) is 5.97. The number of thiophene rings is 1. The Hall–Kier alpha value is -3.79. The molecular formula is C22H13F3N4O2S. The molecule has 0 bridgehead atoms. The van der Waals surface area contributed by atoms with Crippen LogP contribution in [0.25, 0.3) is 32.0 Å². The van der Waals surface area contributed by atoms with Gasteiger partial charge < -0.3 is 4.52 Å². The fourth-order valence-electron chi connectivity index (χ4n) is 3.19. The lowest BCUT2D eigenvalue weighted by atomic mass is 10.1. The van der Waals surface area contributed by atoms with E-state index >= 15 is 0 Å². The van der Waals surface area contributed by atoms with Gasteiger partial charge in [0.25, 0.3) is 5.56 Å². The van der Waals surface area contributed by atoms with E-state index in [0.29, 0.717) is 15.8 Å². The molecule has 0 N–H and O–H groups in total. The van der Waals surface area contributed by atoms with Gasteiger partial charge in [-0.3, -0.25) is 9.36 Å². The van der Waals surface area contributed by atoms with Gasteiger partial charge in [0.05, 0.1) is 17.4 Å². The summed E-state index contributed by atoms with van der Waals surface area (Å²) in [5.74, 6) is 0.279. The molecule has 5 rings (SSSR count). The summed E-state index contributed by atoms with van der Waals surface area (Å²) in [7, 11) is 0. The third-order valence-electron chi connectivity index (χ3n) is 4.81. The lowest BCUT2D eigenvalue weighted by Crippen LogP contribution is -2.20. The molecule has 3 aromatic heterocycles. The van der Waals surface area contributed by atoms with Gasteiger partial charge in [-0.15, -0.1) is 11.3 Å². The molecule has 0 unspecified atom stereocenters. The van der Waals surface area contributed by atoms with Crippen molar-refractivity contribution in [1.29, 1.82) is 0 Å². The van der Waals surface area contributed by atoms with E-state index in [4.69, 9.17) is 4.52 Å². The largest absolute Gasteiger partial charge is 0.416 e. The lowest BCUT2D eigenvalue weighted by Gasteiger charge is -2.05. The summed E-state index contributed by atoms with van der Waals surface area (Å²) in [6.07, 6.45) is -3.01. The van der Waals surface area contributed by atoms with Crippen LogP contribution in [0, 0.1) is 0 Å². The van der Waals surface area contributed by atoms with E-state index < -0.39 is 11.7 Å². The highest BCUT2D eigenvalue weighted by atomic mass is 32.1. The summed E-state index contributed by atoms with van der Waals surface area (Å²) in [5.41, 5.74) is 0.975. The summed E-state index contributed by atoms with van der Waals surface area (Å²) in [6.45, 7) is -0.00597. The van der Waals surface area contributed by atoms with Crippen LogP contribution in [0.2, 0.25) is 0 Å². The maximum atomic E-state index is 12.9. The van der Waals surface area contributed by atoms with Crippen LogP contribution >= 0.6 is 11.3 Å². The van der Waals surface area contributed by atoms with E-state index in [2.05, 4.69) is 15.1 Å². The standard InChI is InChI=1S/C22H13F3N4O2S/c23-22(24,25)15-8-6-14(7-9-15)20-27-18(31-28-20)11-29-12-26-16-10-17(32-19(16)21(29)30)13-4-2-1-3-5-13/h1-10,12H,11H2. The third kappa shape index (κ3) is 3.80. The zero-order chi connectivity index (χ0) is 22.3. The first kappa shape index (κ1) is 20.1. The Kier molecular flexibility index (Phi) is 4.86. The van der Waals surface area contributed by atoms with Crippen molar-refractivity contribution in [3.8, 4) is 21.8 Å². The zero-order valence-corrected chi connectivity index (χ0v) is 17.0. The Bertz CT molecular complexity index is 1450. The second-order valence-electron chi connectivity index (χ2n) is 6.96. The Morgan fingerprint density at radius 3 is 2.47 bits per heavy atom. The predicted molar refractivity (Wildman–Crippen MR) is 113 cm³/mol. The Morgan fingerprint density at radius 2 is 1.75 bits per heavy atom. The summed E-state index contributed by atoms with van der Waals surface area (Å²) >= 11 is 1.35. The van der Waals surface area contributed by atoms with Gasteiger partial charge in [-0.05, 0) is 23.8 Å². The van der Waals surface area contributed by atoms with Crippen LogP contribution in [0.15, 0.2) is 76.3 Å². The molecule has 10 heteroatoms. The molecule has 5 aromatic rings. The SMILES string of the molecule is O=c1c2sc(-c3ccccc3)cc2ncn1Cc1nc(-c2ccc(C(F)(F)F)cc2)no1. The van der Waals surface area contributed by atoms with Crippen molar-refractivity contribution < 1.29 is 17.7 Å². The fraction of sp³-hybridized carbons (Fsp3) is 0.0909. The molecule has 32 heavy (non-hydrogen) atoms.